The number of aliphatic imine (C=N–C) groups is 1. The lowest BCUT2D eigenvalue weighted by Crippen LogP contribution is -2.43. The van der Waals surface area contributed by atoms with Gasteiger partial charge in [0.1, 0.15) is 0 Å². The molecule has 128 valence electrons. The summed E-state index contributed by atoms with van der Waals surface area (Å²) in [4.78, 5) is 4.23. The van der Waals surface area contributed by atoms with E-state index in [2.05, 4.69) is 27.8 Å². The number of guanidine groups is 1. The summed E-state index contributed by atoms with van der Waals surface area (Å²) >= 11 is 0. The molecule has 0 radical (unpaired) electrons. The molecule has 0 bridgehead atoms. The molecule has 1 saturated heterocycles. The molecular weight excluding hydrogens is 312 g/mol. The zero-order valence-corrected chi connectivity index (χ0v) is 14.6. The third-order valence-electron chi connectivity index (χ3n) is 4.13. The van der Waals surface area contributed by atoms with Crippen LogP contribution >= 0.6 is 0 Å². The van der Waals surface area contributed by atoms with E-state index in [-0.39, 0.29) is 0 Å². The maximum atomic E-state index is 11.5. The van der Waals surface area contributed by atoms with Crippen molar-refractivity contribution in [2.75, 3.05) is 32.9 Å². The average Bonchev–Trinajstić information content (AvgIpc) is 2.55. The van der Waals surface area contributed by atoms with Crippen molar-refractivity contribution in [3.8, 4) is 0 Å². The first-order valence-electron chi connectivity index (χ1n) is 7.92. The van der Waals surface area contributed by atoms with Gasteiger partial charge in [-0.3, -0.25) is 4.99 Å². The number of nitrogens with one attached hydrogen (secondary N) is 2. The Labute approximate surface area is 139 Å². The van der Waals surface area contributed by atoms with Crippen LogP contribution in [0.15, 0.2) is 35.3 Å². The molecule has 1 fully saturated rings. The molecule has 7 heteroatoms. The largest absolute Gasteiger partial charge is 0.356 e. The number of hydrogen-bond donors (Lipinski definition) is 2. The zero-order chi connectivity index (χ0) is 16.7. The van der Waals surface area contributed by atoms with Gasteiger partial charge in [0, 0.05) is 33.2 Å². The minimum absolute atomic E-state index is 0.475. The van der Waals surface area contributed by atoms with Gasteiger partial charge in [0.2, 0.25) is 10.0 Å². The molecule has 1 heterocycles. The van der Waals surface area contributed by atoms with Gasteiger partial charge in [0.15, 0.2) is 5.96 Å². The lowest BCUT2D eigenvalue weighted by atomic mass is 9.98. The first-order valence-corrected chi connectivity index (χ1v) is 9.77. The van der Waals surface area contributed by atoms with E-state index in [4.69, 9.17) is 0 Å². The SMILES string of the molecule is CN=C(NCc1ccccc1)NCC1CCN(S(C)(=O)=O)CC1. The van der Waals surface area contributed by atoms with E-state index in [1.807, 2.05) is 18.2 Å². The minimum atomic E-state index is -3.05. The predicted molar refractivity (Wildman–Crippen MR) is 93.8 cm³/mol. The highest BCUT2D eigenvalue weighted by molar-refractivity contribution is 7.88. The van der Waals surface area contributed by atoms with E-state index in [9.17, 15) is 8.42 Å². The second-order valence-electron chi connectivity index (χ2n) is 5.90. The van der Waals surface area contributed by atoms with Crippen molar-refractivity contribution in [3.63, 3.8) is 0 Å². The fourth-order valence-corrected chi connectivity index (χ4v) is 3.56. The van der Waals surface area contributed by atoms with Crippen molar-refractivity contribution < 1.29 is 8.42 Å². The highest BCUT2D eigenvalue weighted by atomic mass is 32.2. The Balaban J connectivity index is 1.72. The Hall–Kier alpha value is -1.60. The number of hydrogen-bond acceptors (Lipinski definition) is 3. The lowest BCUT2D eigenvalue weighted by molar-refractivity contribution is 0.275. The van der Waals surface area contributed by atoms with Crippen LogP contribution in [0, 0.1) is 5.92 Å². The van der Waals surface area contributed by atoms with Crippen LogP contribution < -0.4 is 10.6 Å². The van der Waals surface area contributed by atoms with Crippen LogP contribution in [0.3, 0.4) is 0 Å². The summed E-state index contributed by atoms with van der Waals surface area (Å²) < 4.78 is 24.6. The number of nitrogens with zero attached hydrogens (tertiary/aromatic N) is 2. The summed E-state index contributed by atoms with van der Waals surface area (Å²) in [5, 5.41) is 6.62. The van der Waals surface area contributed by atoms with Gasteiger partial charge in [-0.2, -0.15) is 0 Å². The van der Waals surface area contributed by atoms with Gasteiger partial charge in [-0.25, -0.2) is 12.7 Å². The average molecular weight is 338 g/mol. The quantitative estimate of drug-likeness (QED) is 0.621. The fraction of sp³-hybridized carbons (Fsp3) is 0.562. The van der Waals surface area contributed by atoms with E-state index in [0.717, 1.165) is 31.9 Å². The van der Waals surface area contributed by atoms with Crippen LogP contribution in [0.25, 0.3) is 0 Å². The normalized spacial score (nSPS) is 17.9. The molecule has 2 rings (SSSR count). The highest BCUT2D eigenvalue weighted by Gasteiger charge is 2.24. The number of piperidine rings is 1. The van der Waals surface area contributed by atoms with Crippen molar-refractivity contribution in [1.29, 1.82) is 0 Å². The van der Waals surface area contributed by atoms with E-state index >= 15 is 0 Å². The summed E-state index contributed by atoms with van der Waals surface area (Å²) in [5.74, 6) is 1.25. The zero-order valence-electron chi connectivity index (χ0n) is 13.8. The van der Waals surface area contributed by atoms with Crippen LogP contribution in [-0.2, 0) is 16.6 Å². The Morgan fingerprint density at radius 1 is 1.22 bits per heavy atom. The van der Waals surface area contributed by atoms with Crippen molar-refractivity contribution in [3.05, 3.63) is 35.9 Å². The first-order chi connectivity index (χ1) is 11.0. The number of rotatable bonds is 5. The van der Waals surface area contributed by atoms with Gasteiger partial charge in [-0.15, -0.1) is 0 Å². The van der Waals surface area contributed by atoms with E-state index in [1.165, 1.54) is 11.8 Å². The predicted octanol–water partition coefficient (Wildman–Crippen LogP) is 1.02. The molecule has 1 aliphatic heterocycles. The maximum Gasteiger partial charge on any atom is 0.211 e. The Bertz CT molecular complexity index is 608. The molecule has 23 heavy (non-hydrogen) atoms. The molecular formula is C16H26N4O2S. The minimum Gasteiger partial charge on any atom is -0.356 e. The Morgan fingerprint density at radius 2 is 1.87 bits per heavy atom. The Kier molecular flexibility index (Phi) is 6.41. The number of sulfonamides is 1. The van der Waals surface area contributed by atoms with Gasteiger partial charge in [-0.1, -0.05) is 30.3 Å². The molecule has 0 spiro atoms. The van der Waals surface area contributed by atoms with Gasteiger partial charge < -0.3 is 10.6 Å². The highest BCUT2D eigenvalue weighted by Crippen LogP contribution is 2.18. The topological polar surface area (TPSA) is 73.8 Å². The molecule has 0 saturated carbocycles. The second kappa shape index (κ2) is 8.31. The Morgan fingerprint density at radius 3 is 2.43 bits per heavy atom. The molecule has 1 aliphatic rings. The number of benzene rings is 1. The van der Waals surface area contributed by atoms with E-state index in [1.54, 1.807) is 11.4 Å². The second-order valence-corrected chi connectivity index (χ2v) is 7.88. The fourth-order valence-electron chi connectivity index (χ4n) is 2.69. The van der Waals surface area contributed by atoms with Crippen LogP contribution in [0.1, 0.15) is 18.4 Å². The summed E-state index contributed by atoms with van der Waals surface area (Å²) in [6.07, 6.45) is 3.05. The third kappa shape index (κ3) is 5.84. The molecule has 1 aromatic rings. The van der Waals surface area contributed by atoms with E-state index in [0.29, 0.717) is 19.0 Å². The van der Waals surface area contributed by atoms with Gasteiger partial charge >= 0.3 is 0 Å². The molecule has 0 unspecified atom stereocenters. The molecule has 0 aliphatic carbocycles. The monoisotopic (exact) mass is 338 g/mol. The maximum absolute atomic E-state index is 11.5. The van der Waals surface area contributed by atoms with Crippen LogP contribution in [-0.4, -0.2) is 51.6 Å². The van der Waals surface area contributed by atoms with Crippen molar-refractivity contribution >= 4 is 16.0 Å². The molecule has 6 nitrogen and oxygen atoms in total. The first kappa shape index (κ1) is 17.7. The van der Waals surface area contributed by atoms with Gasteiger partial charge in [0.25, 0.3) is 0 Å². The van der Waals surface area contributed by atoms with E-state index < -0.39 is 10.0 Å². The lowest BCUT2D eigenvalue weighted by Gasteiger charge is -2.30. The summed E-state index contributed by atoms with van der Waals surface area (Å²) in [6.45, 7) is 2.77. The summed E-state index contributed by atoms with van der Waals surface area (Å²) in [5.41, 5.74) is 1.21. The van der Waals surface area contributed by atoms with Gasteiger partial charge in [-0.05, 0) is 24.3 Å². The van der Waals surface area contributed by atoms with Crippen LogP contribution in [0.2, 0.25) is 0 Å². The smallest absolute Gasteiger partial charge is 0.211 e. The molecule has 2 N–H and O–H groups in total. The van der Waals surface area contributed by atoms with Crippen LogP contribution in [0.5, 0.6) is 0 Å². The molecule has 0 amide bonds. The molecule has 0 atom stereocenters. The summed E-state index contributed by atoms with van der Waals surface area (Å²) in [7, 11) is -1.29. The van der Waals surface area contributed by atoms with Crippen LogP contribution in [0.4, 0.5) is 0 Å². The van der Waals surface area contributed by atoms with Crippen molar-refractivity contribution in [2.24, 2.45) is 10.9 Å². The molecule has 0 aromatic heterocycles. The standard InChI is InChI=1S/C16H26N4O2S/c1-17-16(18-12-14-6-4-3-5-7-14)19-13-15-8-10-20(11-9-15)23(2,21)22/h3-7,15H,8-13H2,1-2H3,(H2,17,18,19). The van der Waals surface area contributed by atoms with Crippen molar-refractivity contribution in [2.45, 2.75) is 19.4 Å². The summed E-state index contributed by atoms with van der Waals surface area (Å²) in [6, 6.07) is 10.2. The van der Waals surface area contributed by atoms with Gasteiger partial charge in [0.05, 0.1) is 6.26 Å². The third-order valence-corrected chi connectivity index (χ3v) is 5.43. The van der Waals surface area contributed by atoms with Crippen molar-refractivity contribution in [1.82, 2.24) is 14.9 Å². The molecule has 1 aromatic carbocycles.